The zero-order chi connectivity index (χ0) is 25.5. The van der Waals surface area contributed by atoms with Crippen molar-refractivity contribution < 1.29 is 14.3 Å². The molecule has 0 saturated carbocycles. The van der Waals surface area contributed by atoms with Gasteiger partial charge in [0.1, 0.15) is 12.0 Å². The van der Waals surface area contributed by atoms with Crippen molar-refractivity contribution in [3.8, 4) is 0 Å². The first-order valence-electron chi connectivity index (χ1n) is 12.9. The molecule has 0 bridgehead atoms. The maximum absolute atomic E-state index is 13.6. The largest absolute Gasteiger partial charge is 0.462 e. The molecule has 6 heteroatoms. The molecule has 5 rings (SSSR count). The lowest BCUT2D eigenvalue weighted by Crippen LogP contribution is -2.52. The number of piperidine rings is 1. The zero-order valence-electron chi connectivity index (χ0n) is 21.0. The first-order chi connectivity index (χ1) is 18.1. The molecule has 2 aromatic carbocycles. The van der Waals surface area contributed by atoms with Crippen LogP contribution in [0.3, 0.4) is 0 Å². The second-order valence-electron chi connectivity index (χ2n) is 9.79. The number of ether oxygens (including phenoxy) is 1. The molecule has 2 aromatic rings. The van der Waals surface area contributed by atoms with Crippen molar-refractivity contribution in [2.24, 2.45) is 0 Å². The van der Waals surface area contributed by atoms with Gasteiger partial charge in [-0.05, 0) is 43.1 Å². The molecule has 0 unspecified atom stereocenters. The average molecular weight is 496 g/mol. The van der Waals surface area contributed by atoms with Gasteiger partial charge < -0.3 is 19.9 Å². The van der Waals surface area contributed by atoms with Crippen molar-refractivity contribution >= 4 is 11.7 Å². The summed E-state index contributed by atoms with van der Waals surface area (Å²) in [5, 5.41) is 3.22. The van der Waals surface area contributed by atoms with Crippen LogP contribution < -0.4 is 5.32 Å². The molecule has 1 aliphatic carbocycles. The molecular formula is C31H33N3O3. The van der Waals surface area contributed by atoms with Gasteiger partial charge in [0.15, 0.2) is 5.78 Å². The van der Waals surface area contributed by atoms with Crippen LogP contribution in [0, 0.1) is 0 Å². The highest BCUT2D eigenvalue weighted by molar-refractivity contribution is 5.93. The molecule has 190 valence electrons. The van der Waals surface area contributed by atoms with E-state index in [1.54, 1.807) is 18.4 Å². The fourth-order valence-electron chi connectivity index (χ4n) is 5.22. The summed E-state index contributed by atoms with van der Waals surface area (Å²) in [5.74, 6) is 0.915. The van der Waals surface area contributed by atoms with Crippen LogP contribution in [0.25, 0.3) is 0 Å². The second kappa shape index (κ2) is 11.4. The molecule has 1 amide bonds. The monoisotopic (exact) mass is 495 g/mol. The summed E-state index contributed by atoms with van der Waals surface area (Å²) in [6.07, 6.45) is 12.8. The standard InChI is InChI=1S/C31H33N3O3/c35-28-13-7-10-26(22-28)29-24-34(20-21-37-29)19-18-33-16-14-31(15-17-33,27-11-5-2-6-12-27)30(36)32-23-25-8-3-1-4-9-25/h1-13,20-21,24H,14-19,22-23H2,(H,32,36). The SMILES string of the molecule is O=C1C=CC=C(C2=CN(CCN3CCC(C(=O)NCc4ccccc4)(c4ccccc4)CC3)C=CO2)C1. The number of nitrogens with one attached hydrogen (secondary N) is 1. The third kappa shape index (κ3) is 5.92. The Morgan fingerprint density at radius 1 is 0.973 bits per heavy atom. The number of carbonyl (C=O) groups is 2. The van der Waals surface area contributed by atoms with Crippen LogP contribution in [-0.4, -0.2) is 47.7 Å². The summed E-state index contributed by atoms with van der Waals surface area (Å²) >= 11 is 0. The Kier molecular flexibility index (Phi) is 7.66. The minimum absolute atomic E-state index is 0.0890. The van der Waals surface area contributed by atoms with Crippen LogP contribution >= 0.6 is 0 Å². The van der Waals surface area contributed by atoms with E-state index in [1.807, 2.05) is 67.0 Å². The number of nitrogens with zero attached hydrogens (tertiary/aromatic N) is 2. The summed E-state index contributed by atoms with van der Waals surface area (Å²) in [6, 6.07) is 20.3. The number of benzene rings is 2. The van der Waals surface area contributed by atoms with E-state index in [0.717, 1.165) is 61.5 Å². The molecule has 3 aliphatic rings. The lowest BCUT2D eigenvalue weighted by Gasteiger charge is -2.41. The van der Waals surface area contributed by atoms with Crippen LogP contribution in [0.15, 0.2) is 109 Å². The Morgan fingerprint density at radius 3 is 2.43 bits per heavy atom. The van der Waals surface area contributed by atoms with Crippen molar-refractivity contribution in [1.82, 2.24) is 15.1 Å². The van der Waals surface area contributed by atoms with Gasteiger partial charge in [-0.25, -0.2) is 0 Å². The molecule has 2 heterocycles. The number of ketones is 1. The molecule has 0 spiro atoms. The van der Waals surface area contributed by atoms with Crippen molar-refractivity contribution in [3.63, 3.8) is 0 Å². The highest BCUT2D eigenvalue weighted by Crippen LogP contribution is 2.36. The minimum Gasteiger partial charge on any atom is -0.462 e. The van der Waals surface area contributed by atoms with E-state index in [4.69, 9.17) is 4.74 Å². The first kappa shape index (κ1) is 24.8. The van der Waals surface area contributed by atoms with Crippen LogP contribution in [0.4, 0.5) is 0 Å². The van der Waals surface area contributed by atoms with Crippen molar-refractivity contribution in [2.75, 3.05) is 26.2 Å². The molecule has 1 saturated heterocycles. The van der Waals surface area contributed by atoms with E-state index in [1.165, 1.54) is 0 Å². The van der Waals surface area contributed by atoms with Crippen LogP contribution in [0.5, 0.6) is 0 Å². The summed E-state index contributed by atoms with van der Waals surface area (Å²) in [7, 11) is 0. The van der Waals surface area contributed by atoms with E-state index >= 15 is 0 Å². The van der Waals surface area contributed by atoms with Crippen LogP contribution in [0.2, 0.25) is 0 Å². The minimum atomic E-state index is -0.522. The molecule has 0 aromatic heterocycles. The molecule has 1 fully saturated rings. The van der Waals surface area contributed by atoms with E-state index in [-0.39, 0.29) is 11.7 Å². The highest BCUT2D eigenvalue weighted by Gasteiger charge is 2.42. The Balaban J connectivity index is 1.20. The lowest BCUT2D eigenvalue weighted by atomic mass is 9.72. The Hall–Kier alpha value is -3.90. The molecule has 0 radical (unpaired) electrons. The molecule has 2 aliphatic heterocycles. The summed E-state index contributed by atoms with van der Waals surface area (Å²) in [6.45, 7) is 3.92. The lowest BCUT2D eigenvalue weighted by molar-refractivity contribution is -0.129. The van der Waals surface area contributed by atoms with Gasteiger partial charge in [0.25, 0.3) is 0 Å². The number of rotatable bonds is 8. The van der Waals surface area contributed by atoms with Crippen LogP contribution in [0.1, 0.15) is 30.4 Å². The maximum Gasteiger partial charge on any atom is 0.231 e. The van der Waals surface area contributed by atoms with Gasteiger partial charge >= 0.3 is 0 Å². The van der Waals surface area contributed by atoms with Gasteiger partial charge in [0.05, 0.1) is 5.41 Å². The third-order valence-corrected chi connectivity index (χ3v) is 7.43. The second-order valence-corrected chi connectivity index (χ2v) is 9.79. The van der Waals surface area contributed by atoms with Crippen molar-refractivity contribution in [1.29, 1.82) is 0 Å². The quantitative estimate of drug-likeness (QED) is 0.587. The Labute approximate surface area is 218 Å². The molecule has 0 atom stereocenters. The van der Waals surface area contributed by atoms with E-state index in [9.17, 15) is 9.59 Å². The Morgan fingerprint density at radius 2 is 1.70 bits per heavy atom. The predicted octanol–water partition coefficient (Wildman–Crippen LogP) is 4.44. The van der Waals surface area contributed by atoms with Gasteiger partial charge in [-0.2, -0.15) is 0 Å². The zero-order valence-corrected chi connectivity index (χ0v) is 21.0. The number of hydrogen-bond donors (Lipinski definition) is 1. The van der Waals surface area contributed by atoms with E-state index in [0.29, 0.717) is 13.0 Å². The van der Waals surface area contributed by atoms with Crippen molar-refractivity contribution in [2.45, 2.75) is 31.2 Å². The number of likely N-dealkylation sites (tertiary alicyclic amines) is 1. The van der Waals surface area contributed by atoms with E-state index < -0.39 is 5.41 Å². The van der Waals surface area contributed by atoms with Crippen LogP contribution in [-0.2, 0) is 26.3 Å². The van der Waals surface area contributed by atoms with Gasteiger partial charge in [-0.15, -0.1) is 0 Å². The third-order valence-electron chi connectivity index (χ3n) is 7.43. The van der Waals surface area contributed by atoms with Gasteiger partial charge in [-0.1, -0.05) is 72.8 Å². The van der Waals surface area contributed by atoms with Gasteiger partial charge in [0.2, 0.25) is 5.91 Å². The fourth-order valence-corrected chi connectivity index (χ4v) is 5.22. The number of amides is 1. The predicted molar refractivity (Wildman–Crippen MR) is 144 cm³/mol. The van der Waals surface area contributed by atoms with Gasteiger partial charge in [0, 0.05) is 44.0 Å². The normalized spacial score (nSPS) is 19.1. The number of hydrogen-bond acceptors (Lipinski definition) is 5. The molecular weight excluding hydrogens is 462 g/mol. The topological polar surface area (TPSA) is 61.9 Å². The summed E-state index contributed by atoms with van der Waals surface area (Å²) < 4.78 is 5.67. The Bertz CT molecular complexity index is 1220. The summed E-state index contributed by atoms with van der Waals surface area (Å²) in [5.41, 5.74) is 2.57. The molecule has 37 heavy (non-hydrogen) atoms. The first-order valence-corrected chi connectivity index (χ1v) is 12.9. The highest BCUT2D eigenvalue weighted by atomic mass is 16.5. The number of allylic oxidation sites excluding steroid dienone is 4. The molecule has 6 nitrogen and oxygen atoms in total. The average Bonchev–Trinajstić information content (AvgIpc) is 2.96. The van der Waals surface area contributed by atoms with Gasteiger partial charge in [-0.3, -0.25) is 9.59 Å². The van der Waals surface area contributed by atoms with E-state index in [2.05, 4.69) is 27.2 Å². The van der Waals surface area contributed by atoms with Crippen molar-refractivity contribution in [3.05, 3.63) is 120 Å². The molecule has 1 N–H and O–H groups in total. The number of carbonyl (C=O) groups excluding carboxylic acids is 2. The smallest absolute Gasteiger partial charge is 0.231 e. The maximum atomic E-state index is 13.6. The fraction of sp³-hybridized carbons (Fsp3) is 0.290. The summed E-state index contributed by atoms with van der Waals surface area (Å²) in [4.78, 5) is 29.9.